The van der Waals surface area contributed by atoms with Crippen LogP contribution in [0.2, 0.25) is 0 Å². The maximum Gasteiger partial charge on any atom is 0.214 e. The van der Waals surface area contributed by atoms with Crippen LogP contribution in [0.4, 0.5) is 5.69 Å². The van der Waals surface area contributed by atoms with Gasteiger partial charge in [0, 0.05) is 31.9 Å². The van der Waals surface area contributed by atoms with E-state index in [9.17, 15) is 8.42 Å². The van der Waals surface area contributed by atoms with Gasteiger partial charge in [0.25, 0.3) is 0 Å². The Morgan fingerprint density at radius 2 is 1.52 bits per heavy atom. The van der Waals surface area contributed by atoms with Crippen LogP contribution >= 0.6 is 0 Å². The molecule has 2 aromatic carbocycles. The molecule has 0 radical (unpaired) electrons. The van der Waals surface area contributed by atoms with Gasteiger partial charge in [-0.25, -0.2) is 8.42 Å². The third kappa shape index (κ3) is 5.33. The molecule has 0 saturated carbocycles. The molecule has 1 aliphatic heterocycles. The van der Waals surface area contributed by atoms with Gasteiger partial charge in [-0.1, -0.05) is 56.3 Å². The van der Waals surface area contributed by atoms with Crippen molar-refractivity contribution in [2.75, 3.05) is 36.8 Å². The van der Waals surface area contributed by atoms with E-state index in [1.165, 1.54) is 16.8 Å². The molecule has 0 atom stereocenters. The fraction of sp³-hybridized carbons (Fsp3) is 0.455. The number of hydrogen-bond donors (Lipinski definition) is 0. The molecule has 0 N–H and O–H groups in total. The molecule has 3 rings (SSSR count). The number of sulfonamides is 1. The normalized spacial score (nSPS) is 16.0. The summed E-state index contributed by atoms with van der Waals surface area (Å²) >= 11 is 0. The Balaban J connectivity index is 1.50. The summed E-state index contributed by atoms with van der Waals surface area (Å²) < 4.78 is 27.0. The van der Waals surface area contributed by atoms with Gasteiger partial charge in [-0.05, 0) is 42.0 Å². The zero-order valence-corrected chi connectivity index (χ0v) is 17.2. The average molecular weight is 387 g/mol. The first-order valence-corrected chi connectivity index (χ1v) is 11.4. The van der Waals surface area contributed by atoms with Crippen molar-refractivity contribution in [1.29, 1.82) is 0 Å². The van der Waals surface area contributed by atoms with E-state index in [1.54, 1.807) is 4.31 Å². The lowest BCUT2D eigenvalue weighted by atomic mass is 10.0. The molecule has 0 unspecified atom stereocenters. The number of hydrogen-bond acceptors (Lipinski definition) is 3. The first-order valence-electron chi connectivity index (χ1n) is 9.82. The summed E-state index contributed by atoms with van der Waals surface area (Å²) in [6.45, 7) is 7.02. The van der Waals surface area contributed by atoms with Gasteiger partial charge in [-0.2, -0.15) is 4.31 Å². The van der Waals surface area contributed by atoms with Crippen molar-refractivity contribution >= 4 is 15.7 Å². The molecule has 0 aromatic heterocycles. The molecule has 1 heterocycles. The van der Waals surface area contributed by atoms with E-state index in [2.05, 4.69) is 55.1 Å². The Labute approximate surface area is 163 Å². The molecule has 1 aliphatic rings. The zero-order valence-electron chi connectivity index (χ0n) is 16.3. The molecule has 0 amide bonds. The lowest BCUT2D eigenvalue weighted by Gasteiger charge is -2.35. The second-order valence-electron chi connectivity index (χ2n) is 7.54. The van der Waals surface area contributed by atoms with Crippen molar-refractivity contribution in [2.45, 2.75) is 32.6 Å². The third-order valence-corrected chi connectivity index (χ3v) is 7.22. The highest BCUT2D eigenvalue weighted by Gasteiger charge is 2.26. The molecule has 0 spiro atoms. The second-order valence-corrected chi connectivity index (χ2v) is 9.63. The van der Waals surface area contributed by atoms with E-state index < -0.39 is 10.0 Å². The standard InChI is InChI=1S/C22H30N2O2S/c1-19(2)21-10-12-22(13-11-21)23-14-16-24(17-15-23)27(25,26)18-6-9-20-7-4-3-5-8-20/h3-5,7-8,10-13,19H,6,9,14-18H2,1-2H3. The van der Waals surface area contributed by atoms with E-state index in [0.717, 1.165) is 19.5 Å². The van der Waals surface area contributed by atoms with Crippen LogP contribution in [0, 0.1) is 0 Å². The van der Waals surface area contributed by atoms with Gasteiger partial charge in [0.2, 0.25) is 10.0 Å². The minimum Gasteiger partial charge on any atom is -0.369 e. The van der Waals surface area contributed by atoms with Gasteiger partial charge in [0.05, 0.1) is 5.75 Å². The van der Waals surface area contributed by atoms with Crippen LogP contribution in [-0.4, -0.2) is 44.7 Å². The second kappa shape index (κ2) is 8.89. The van der Waals surface area contributed by atoms with Crippen molar-refractivity contribution in [1.82, 2.24) is 4.31 Å². The van der Waals surface area contributed by atoms with Gasteiger partial charge < -0.3 is 4.90 Å². The van der Waals surface area contributed by atoms with E-state index in [-0.39, 0.29) is 5.75 Å². The molecule has 4 nitrogen and oxygen atoms in total. The highest BCUT2D eigenvalue weighted by molar-refractivity contribution is 7.89. The van der Waals surface area contributed by atoms with Crippen LogP contribution in [0.5, 0.6) is 0 Å². The third-order valence-electron chi connectivity index (χ3n) is 5.27. The average Bonchev–Trinajstić information content (AvgIpc) is 2.69. The van der Waals surface area contributed by atoms with Gasteiger partial charge in [0.15, 0.2) is 0 Å². The van der Waals surface area contributed by atoms with E-state index >= 15 is 0 Å². The summed E-state index contributed by atoms with van der Waals surface area (Å²) in [6, 6.07) is 18.7. The van der Waals surface area contributed by atoms with Crippen molar-refractivity contribution < 1.29 is 8.42 Å². The van der Waals surface area contributed by atoms with Gasteiger partial charge in [-0.3, -0.25) is 0 Å². The largest absolute Gasteiger partial charge is 0.369 e. The molecular weight excluding hydrogens is 356 g/mol. The predicted molar refractivity (Wildman–Crippen MR) is 113 cm³/mol. The summed E-state index contributed by atoms with van der Waals surface area (Å²) in [5, 5.41) is 0. The highest BCUT2D eigenvalue weighted by Crippen LogP contribution is 2.22. The van der Waals surface area contributed by atoms with E-state index in [0.29, 0.717) is 25.4 Å². The molecule has 0 bridgehead atoms. The molecule has 2 aromatic rings. The Morgan fingerprint density at radius 3 is 2.11 bits per heavy atom. The van der Waals surface area contributed by atoms with Crippen molar-refractivity contribution in [2.24, 2.45) is 0 Å². The fourth-order valence-corrected chi connectivity index (χ4v) is 5.01. The van der Waals surface area contributed by atoms with Crippen LogP contribution in [-0.2, 0) is 16.4 Å². The summed E-state index contributed by atoms with van der Waals surface area (Å²) in [4.78, 5) is 2.28. The van der Waals surface area contributed by atoms with Crippen molar-refractivity contribution in [3.8, 4) is 0 Å². The summed E-state index contributed by atoms with van der Waals surface area (Å²) in [7, 11) is -3.17. The zero-order chi connectivity index (χ0) is 19.3. The van der Waals surface area contributed by atoms with Crippen LogP contribution in [0.3, 0.4) is 0 Å². The Morgan fingerprint density at radius 1 is 0.889 bits per heavy atom. The Bertz CT molecular complexity index is 809. The van der Waals surface area contributed by atoms with Crippen LogP contribution < -0.4 is 4.90 Å². The van der Waals surface area contributed by atoms with E-state index in [1.807, 2.05) is 18.2 Å². The Hall–Kier alpha value is -1.85. The molecular formula is C22H30N2O2S. The number of nitrogens with zero attached hydrogens (tertiary/aromatic N) is 2. The van der Waals surface area contributed by atoms with Crippen LogP contribution in [0.15, 0.2) is 54.6 Å². The fourth-order valence-electron chi connectivity index (χ4n) is 3.53. The summed E-state index contributed by atoms with van der Waals surface area (Å²) in [5.74, 6) is 0.752. The molecule has 0 aliphatic carbocycles. The smallest absolute Gasteiger partial charge is 0.214 e. The minimum atomic E-state index is -3.17. The first kappa shape index (κ1) is 19.9. The topological polar surface area (TPSA) is 40.6 Å². The van der Waals surface area contributed by atoms with E-state index in [4.69, 9.17) is 0 Å². The van der Waals surface area contributed by atoms with Crippen LogP contribution in [0.25, 0.3) is 0 Å². The summed E-state index contributed by atoms with van der Waals surface area (Å²) in [6.07, 6.45) is 1.48. The maximum absolute atomic E-state index is 12.6. The SMILES string of the molecule is CC(C)c1ccc(N2CCN(S(=O)(=O)CCCc3ccccc3)CC2)cc1. The molecule has 5 heteroatoms. The van der Waals surface area contributed by atoms with Gasteiger partial charge in [-0.15, -0.1) is 0 Å². The van der Waals surface area contributed by atoms with Crippen molar-refractivity contribution in [3.05, 3.63) is 65.7 Å². The monoisotopic (exact) mass is 386 g/mol. The number of piperazine rings is 1. The first-order chi connectivity index (χ1) is 13.0. The molecule has 146 valence electrons. The highest BCUT2D eigenvalue weighted by atomic mass is 32.2. The number of aryl methyl sites for hydroxylation is 1. The lowest BCUT2D eigenvalue weighted by molar-refractivity contribution is 0.384. The molecule has 1 fully saturated rings. The quantitative estimate of drug-likeness (QED) is 0.725. The number of rotatable bonds is 7. The maximum atomic E-state index is 12.6. The number of anilines is 1. The van der Waals surface area contributed by atoms with Crippen molar-refractivity contribution in [3.63, 3.8) is 0 Å². The summed E-state index contributed by atoms with van der Waals surface area (Å²) in [5.41, 5.74) is 3.71. The number of benzene rings is 2. The van der Waals surface area contributed by atoms with Gasteiger partial charge >= 0.3 is 0 Å². The minimum absolute atomic E-state index is 0.227. The Kier molecular flexibility index (Phi) is 6.55. The lowest BCUT2D eigenvalue weighted by Crippen LogP contribution is -2.49. The van der Waals surface area contributed by atoms with Gasteiger partial charge in [0.1, 0.15) is 0 Å². The molecule has 1 saturated heterocycles. The van der Waals surface area contributed by atoms with Crippen LogP contribution in [0.1, 0.15) is 37.3 Å². The molecule has 27 heavy (non-hydrogen) atoms. The predicted octanol–water partition coefficient (Wildman–Crippen LogP) is 3.89.